The van der Waals surface area contributed by atoms with Crippen LogP contribution in [-0.2, 0) is 28.7 Å². The van der Waals surface area contributed by atoms with Gasteiger partial charge in [0.05, 0.1) is 18.3 Å². The zero-order valence-electron chi connectivity index (χ0n) is 28.7. The number of piperidine rings is 1. The number of Topliss-reactive ketones (excluding diaryl/α,β-unsaturated/α-hetero) is 1. The molecule has 3 heterocycles. The van der Waals surface area contributed by atoms with E-state index in [4.69, 9.17) is 9.47 Å². The molecule has 4 aliphatic rings. The third-order valence-electron chi connectivity index (χ3n) is 11.1. The van der Waals surface area contributed by atoms with Crippen LogP contribution in [0.3, 0.4) is 0 Å². The summed E-state index contributed by atoms with van der Waals surface area (Å²) >= 11 is 0. The van der Waals surface area contributed by atoms with Gasteiger partial charge in [0.25, 0.3) is 11.7 Å². The van der Waals surface area contributed by atoms with Crippen molar-refractivity contribution < 1.29 is 44.0 Å². The number of allylic oxidation sites excluding steroid dienone is 4. The van der Waals surface area contributed by atoms with Gasteiger partial charge >= 0.3 is 5.97 Å². The standard InChI is InChI=1S/C37H57NO9/c1-23-11-7-5-6-8-13-29(39)26(4)33-19-15-25(3)37(45,47-33)34(42)35(43)38-20-10-9-12-28(38)36(44)46-32(18-14-23)24(2)21-27-16-17-30(40)31(41)22-27/h7-8,11,13,23-28,30-33,40-41,45H,5-6,9-10,12,14-22H2,1-4H3/t23-,24-,25-,26+,27+,28+,30-,31-,32+,33+,37-/m1/s1. The fraction of sp³-hybridized carbons (Fsp3) is 0.784. The molecule has 1 amide bonds. The van der Waals surface area contributed by atoms with Crippen molar-refractivity contribution in [2.24, 2.45) is 29.6 Å². The Morgan fingerprint density at radius 2 is 1.66 bits per heavy atom. The van der Waals surface area contributed by atoms with Gasteiger partial charge in [-0.3, -0.25) is 14.4 Å². The Morgan fingerprint density at radius 1 is 0.915 bits per heavy atom. The number of ether oxygens (including phenoxy) is 2. The summed E-state index contributed by atoms with van der Waals surface area (Å²) in [7, 11) is 0. The summed E-state index contributed by atoms with van der Waals surface area (Å²) in [5.74, 6) is -6.10. The second-order valence-corrected chi connectivity index (χ2v) is 14.8. The largest absolute Gasteiger partial charge is 0.461 e. The Bertz CT molecular complexity index is 1170. The van der Waals surface area contributed by atoms with E-state index in [1.165, 1.54) is 11.0 Å². The number of rotatable bonds is 3. The molecule has 0 unspecified atom stereocenters. The third-order valence-corrected chi connectivity index (χ3v) is 11.1. The maximum atomic E-state index is 13.9. The van der Waals surface area contributed by atoms with E-state index in [-0.39, 0.29) is 30.1 Å². The van der Waals surface area contributed by atoms with Gasteiger partial charge in [-0.25, -0.2) is 4.79 Å². The lowest BCUT2D eigenvalue weighted by Crippen LogP contribution is -2.61. The topological polar surface area (TPSA) is 151 Å². The van der Waals surface area contributed by atoms with Gasteiger partial charge in [0.2, 0.25) is 5.79 Å². The molecule has 0 aromatic carbocycles. The number of carbonyl (C=O) groups is 4. The molecule has 0 radical (unpaired) electrons. The van der Waals surface area contributed by atoms with Gasteiger partial charge in [0, 0.05) is 18.4 Å². The number of ketones is 2. The molecule has 2 saturated heterocycles. The van der Waals surface area contributed by atoms with Crippen LogP contribution in [0.5, 0.6) is 0 Å². The van der Waals surface area contributed by atoms with Crippen molar-refractivity contribution in [3.8, 4) is 0 Å². The lowest BCUT2D eigenvalue weighted by molar-refractivity contribution is -0.268. The van der Waals surface area contributed by atoms with Crippen LogP contribution in [0.4, 0.5) is 0 Å². The molecule has 264 valence electrons. The molecular weight excluding hydrogens is 602 g/mol. The van der Waals surface area contributed by atoms with Crippen molar-refractivity contribution in [2.75, 3.05) is 6.54 Å². The monoisotopic (exact) mass is 659 g/mol. The number of aliphatic hydroxyl groups excluding tert-OH is 2. The summed E-state index contributed by atoms with van der Waals surface area (Å²) in [5.41, 5.74) is 0. The number of hydrogen-bond donors (Lipinski definition) is 3. The van der Waals surface area contributed by atoms with Crippen LogP contribution in [0.1, 0.15) is 111 Å². The minimum Gasteiger partial charge on any atom is -0.461 e. The van der Waals surface area contributed by atoms with Crippen LogP contribution in [0.25, 0.3) is 0 Å². The number of aliphatic hydroxyl groups is 3. The quantitative estimate of drug-likeness (QED) is 0.227. The number of hydrogen-bond acceptors (Lipinski definition) is 9. The predicted molar refractivity (Wildman–Crippen MR) is 176 cm³/mol. The van der Waals surface area contributed by atoms with Gasteiger partial charge in [-0.05, 0) is 107 Å². The van der Waals surface area contributed by atoms with Crippen molar-refractivity contribution in [1.29, 1.82) is 0 Å². The number of esters is 1. The van der Waals surface area contributed by atoms with E-state index in [2.05, 4.69) is 19.1 Å². The number of amides is 1. The summed E-state index contributed by atoms with van der Waals surface area (Å²) < 4.78 is 12.2. The summed E-state index contributed by atoms with van der Waals surface area (Å²) in [6.07, 6.45) is 12.9. The van der Waals surface area contributed by atoms with Crippen LogP contribution in [0.2, 0.25) is 0 Å². The Morgan fingerprint density at radius 3 is 2.40 bits per heavy atom. The summed E-state index contributed by atoms with van der Waals surface area (Å²) in [4.78, 5) is 55.7. The maximum absolute atomic E-state index is 13.9. The molecule has 1 saturated carbocycles. The molecule has 2 bridgehead atoms. The van der Waals surface area contributed by atoms with E-state index in [0.717, 1.165) is 25.7 Å². The second-order valence-electron chi connectivity index (χ2n) is 14.8. The van der Waals surface area contributed by atoms with Crippen molar-refractivity contribution in [3.05, 3.63) is 24.3 Å². The molecule has 47 heavy (non-hydrogen) atoms. The first-order chi connectivity index (χ1) is 22.3. The summed E-state index contributed by atoms with van der Waals surface area (Å²) in [6, 6.07) is -0.961. The van der Waals surface area contributed by atoms with Crippen molar-refractivity contribution >= 4 is 23.4 Å². The highest BCUT2D eigenvalue weighted by molar-refractivity contribution is 6.39. The lowest BCUT2D eigenvalue weighted by atomic mass is 9.78. The highest BCUT2D eigenvalue weighted by atomic mass is 16.6. The van der Waals surface area contributed by atoms with Gasteiger partial charge in [-0.1, -0.05) is 45.9 Å². The number of fused-ring (bicyclic) bond motifs is 3. The number of carbonyl (C=O) groups excluding carboxylic acids is 4. The molecule has 10 nitrogen and oxygen atoms in total. The zero-order valence-corrected chi connectivity index (χ0v) is 28.7. The molecule has 0 spiro atoms. The minimum absolute atomic E-state index is 0.0302. The summed E-state index contributed by atoms with van der Waals surface area (Å²) in [6.45, 7) is 7.72. The molecule has 0 aromatic rings. The number of nitrogens with zero attached hydrogens (tertiary/aromatic N) is 1. The smallest absolute Gasteiger partial charge is 0.329 e. The molecule has 1 aliphatic carbocycles. The van der Waals surface area contributed by atoms with Gasteiger partial charge in [0.15, 0.2) is 5.78 Å². The first kappa shape index (κ1) is 37.4. The van der Waals surface area contributed by atoms with Gasteiger partial charge in [0.1, 0.15) is 12.1 Å². The Balaban J connectivity index is 1.59. The second kappa shape index (κ2) is 16.8. The SMILES string of the molecule is C[C@@H]1C=CCCC=CC(=O)[C@H](C)[C@@H]2CC[C@@H](C)[C@@](O)(O2)C(=O)C(=O)N2CCCC[C@H]2C(=O)O[C@H]([C@H](C)C[C@@H]2CC[C@@H](O)[C@H](O)C2)CC1. The maximum Gasteiger partial charge on any atom is 0.329 e. The van der Waals surface area contributed by atoms with Crippen LogP contribution in [-0.4, -0.2) is 86.5 Å². The molecule has 11 atom stereocenters. The average molecular weight is 660 g/mol. The van der Waals surface area contributed by atoms with Crippen LogP contribution in [0, 0.1) is 29.6 Å². The molecule has 3 fully saturated rings. The fourth-order valence-corrected chi connectivity index (χ4v) is 7.72. The molecule has 4 rings (SSSR count). The molecule has 3 aliphatic heterocycles. The predicted octanol–water partition coefficient (Wildman–Crippen LogP) is 4.43. The molecule has 0 aromatic heterocycles. The number of cyclic esters (lactones) is 1. The van der Waals surface area contributed by atoms with Gasteiger partial charge < -0.3 is 29.7 Å². The Labute approximate surface area is 279 Å². The van der Waals surface area contributed by atoms with E-state index in [9.17, 15) is 34.5 Å². The first-order valence-electron chi connectivity index (χ1n) is 18.0. The van der Waals surface area contributed by atoms with E-state index in [1.807, 2.05) is 13.0 Å². The lowest BCUT2D eigenvalue weighted by Gasteiger charge is -2.43. The zero-order chi connectivity index (χ0) is 34.3. The average Bonchev–Trinajstić information content (AvgIpc) is 3.05. The van der Waals surface area contributed by atoms with E-state index >= 15 is 0 Å². The molecule has 3 N–H and O–H groups in total. The van der Waals surface area contributed by atoms with E-state index in [1.54, 1.807) is 13.8 Å². The first-order valence-corrected chi connectivity index (χ1v) is 18.0. The van der Waals surface area contributed by atoms with Crippen LogP contribution < -0.4 is 0 Å². The normalized spacial score (nSPS) is 39.5. The minimum atomic E-state index is -2.40. The fourth-order valence-electron chi connectivity index (χ4n) is 7.72. The van der Waals surface area contributed by atoms with Gasteiger partial charge in [-0.15, -0.1) is 0 Å². The highest BCUT2D eigenvalue weighted by Gasteiger charge is 2.53. The van der Waals surface area contributed by atoms with Crippen LogP contribution in [0.15, 0.2) is 24.3 Å². The molecule has 10 heteroatoms. The highest BCUT2D eigenvalue weighted by Crippen LogP contribution is 2.37. The van der Waals surface area contributed by atoms with Crippen LogP contribution >= 0.6 is 0 Å². The molecular formula is C37H57NO9. The van der Waals surface area contributed by atoms with E-state index < -0.39 is 65.7 Å². The Hall–Kier alpha value is -2.40. The van der Waals surface area contributed by atoms with Crippen molar-refractivity contribution in [3.63, 3.8) is 0 Å². The van der Waals surface area contributed by atoms with Gasteiger partial charge in [-0.2, -0.15) is 0 Å². The third kappa shape index (κ3) is 9.40. The Kier molecular flexibility index (Phi) is 13.4. The summed E-state index contributed by atoms with van der Waals surface area (Å²) in [5, 5.41) is 31.9. The van der Waals surface area contributed by atoms with Crippen molar-refractivity contribution in [2.45, 2.75) is 147 Å². The van der Waals surface area contributed by atoms with Crippen molar-refractivity contribution in [1.82, 2.24) is 4.90 Å². The van der Waals surface area contributed by atoms with E-state index in [0.29, 0.717) is 57.8 Å².